The molecule has 1 N–H and O–H groups in total. The Balaban J connectivity index is 1.45. The third kappa shape index (κ3) is 4.99. The number of hydrogen-bond donors (Lipinski definition) is 1. The van der Waals surface area contributed by atoms with Gasteiger partial charge in [0.1, 0.15) is 0 Å². The van der Waals surface area contributed by atoms with E-state index in [1.807, 2.05) is 0 Å². The van der Waals surface area contributed by atoms with E-state index in [1.54, 1.807) is 0 Å². The standard InChI is InChI=1S/C25H28N2/c1-3-8-22(9-4-1)19-27(20-23-10-5-2-6-11-23)17-15-21-13-14-25-24(18-21)12-7-16-26-25/h1-6,8-11,13-14,18,26H,7,12,15-17,19-20H2. The third-order valence-corrected chi connectivity index (χ3v) is 5.32. The Hall–Kier alpha value is -2.58. The molecule has 0 amide bonds. The average molecular weight is 357 g/mol. The average Bonchev–Trinajstić information content (AvgIpc) is 2.73. The second-order valence-corrected chi connectivity index (χ2v) is 7.45. The van der Waals surface area contributed by atoms with Crippen molar-refractivity contribution >= 4 is 5.69 Å². The second kappa shape index (κ2) is 8.88. The van der Waals surface area contributed by atoms with E-state index in [9.17, 15) is 0 Å². The van der Waals surface area contributed by atoms with Crippen molar-refractivity contribution in [3.05, 3.63) is 101 Å². The minimum atomic E-state index is 0.988. The first kappa shape index (κ1) is 17.8. The van der Waals surface area contributed by atoms with Gasteiger partial charge in [0.25, 0.3) is 0 Å². The molecule has 1 aliphatic heterocycles. The Labute approximate surface area is 162 Å². The van der Waals surface area contributed by atoms with E-state index < -0.39 is 0 Å². The summed E-state index contributed by atoms with van der Waals surface area (Å²) in [5.74, 6) is 0. The Morgan fingerprint density at radius 1 is 0.741 bits per heavy atom. The van der Waals surface area contributed by atoms with E-state index in [2.05, 4.69) is 89.1 Å². The molecule has 0 unspecified atom stereocenters. The van der Waals surface area contributed by atoms with Crippen LogP contribution in [0.5, 0.6) is 0 Å². The second-order valence-electron chi connectivity index (χ2n) is 7.45. The van der Waals surface area contributed by atoms with Gasteiger partial charge in [-0.2, -0.15) is 0 Å². The zero-order valence-electron chi connectivity index (χ0n) is 15.9. The first-order chi connectivity index (χ1) is 13.4. The number of rotatable bonds is 7. The molecule has 0 saturated carbocycles. The number of fused-ring (bicyclic) bond motifs is 1. The van der Waals surface area contributed by atoms with Crippen LogP contribution in [0.3, 0.4) is 0 Å². The number of nitrogens with one attached hydrogen (secondary N) is 1. The van der Waals surface area contributed by atoms with Crippen molar-refractivity contribution in [2.24, 2.45) is 0 Å². The summed E-state index contributed by atoms with van der Waals surface area (Å²) in [5, 5.41) is 3.51. The van der Waals surface area contributed by atoms with Crippen LogP contribution in [0.25, 0.3) is 0 Å². The van der Waals surface area contributed by atoms with Gasteiger partial charge >= 0.3 is 0 Å². The third-order valence-electron chi connectivity index (χ3n) is 5.32. The molecule has 138 valence electrons. The maximum Gasteiger partial charge on any atom is 0.0372 e. The summed E-state index contributed by atoms with van der Waals surface area (Å²) in [6.07, 6.45) is 3.53. The molecule has 1 aliphatic rings. The summed E-state index contributed by atoms with van der Waals surface area (Å²) in [6.45, 7) is 4.15. The quantitative estimate of drug-likeness (QED) is 0.619. The van der Waals surface area contributed by atoms with Gasteiger partial charge in [-0.1, -0.05) is 72.8 Å². The van der Waals surface area contributed by atoms with Crippen molar-refractivity contribution in [3.63, 3.8) is 0 Å². The van der Waals surface area contributed by atoms with Crippen molar-refractivity contribution in [2.45, 2.75) is 32.4 Å². The number of anilines is 1. The Morgan fingerprint density at radius 2 is 1.41 bits per heavy atom. The minimum absolute atomic E-state index is 0.988. The van der Waals surface area contributed by atoms with Crippen LogP contribution < -0.4 is 5.32 Å². The van der Waals surface area contributed by atoms with E-state index >= 15 is 0 Å². The fourth-order valence-electron chi connectivity index (χ4n) is 3.87. The molecule has 1 heterocycles. The van der Waals surface area contributed by atoms with Crippen LogP contribution in [0.15, 0.2) is 78.9 Å². The Bertz CT molecular complexity index is 801. The number of aryl methyl sites for hydroxylation is 1. The van der Waals surface area contributed by atoms with Gasteiger partial charge in [0.05, 0.1) is 0 Å². The smallest absolute Gasteiger partial charge is 0.0372 e. The molecule has 0 aliphatic carbocycles. The van der Waals surface area contributed by atoms with Crippen LogP contribution >= 0.6 is 0 Å². The molecule has 0 radical (unpaired) electrons. The van der Waals surface area contributed by atoms with E-state index in [0.717, 1.165) is 32.6 Å². The maximum absolute atomic E-state index is 3.51. The lowest BCUT2D eigenvalue weighted by atomic mass is 9.99. The summed E-state index contributed by atoms with van der Waals surface area (Å²) in [5.41, 5.74) is 7.02. The van der Waals surface area contributed by atoms with Crippen LogP contribution in [0.2, 0.25) is 0 Å². The number of hydrogen-bond acceptors (Lipinski definition) is 2. The Morgan fingerprint density at radius 3 is 2.07 bits per heavy atom. The van der Waals surface area contributed by atoms with Crippen LogP contribution in [-0.4, -0.2) is 18.0 Å². The summed E-state index contributed by atoms with van der Waals surface area (Å²) in [4.78, 5) is 2.56. The van der Waals surface area contributed by atoms with Crippen molar-refractivity contribution in [1.82, 2.24) is 4.90 Å². The first-order valence-corrected chi connectivity index (χ1v) is 10.0. The van der Waals surface area contributed by atoms with Gasteiger partial charge in [0.15, 0.2) is 0 Å². The molecule has 0 bridgehead atoms. The highest BCUT2D eigenvalue weighted by Crippen LogP contribution is 2.23. The molecule has 0 spiro atoms. The molecule has 0 aromatic heterocycles. The van der Waals surface area contributed by atoms with Gasteiger partial charge in [-0.25, -0.2) is 0 Å². The number of benzene rings is 3. The lowest BCUT2D eigenvalue weighted by molar-refractivity contribution is 0.260. The summed E-state index contributed by atoms with van der Waals surface area (Å²) >= 11 is 0. The van der Waals surface area contributed by atoms with E-state index in [1.165, 1.54) is 40.8 Å². The van der Waals surface area contributed by atoms with Crippen molar-refractivity contribution < 1.29 is 0 Å². The summed E-state index contributed by atoms with van der Waals surface area (Å²) in [7, 11) is 0. The molecule has 0 atom stereocenters. The van der Waals surface area contributed by atoms with Gasteiger partial charge < -0.3 is 5.32 Å². The van der Waals surface area contributed by atoms with Gasteiger partial charge in [0.2, 0.25) is 0 Å². The fourth-order valence-corrected chi connectivity index (χ4v) is 3.87. The molecular weight excluding hydrogens is 328 g/mol. The lowest BCUT2D eigenvalue weighted by Gasteiger charge is -2.23. The summed E-state index contributed by atoms with van der Waals surface area (Å²) in [6, 6.07) is 28.6. The molecule has 0 saturated heterocycles. The number of nitrogens with zero attached hydrogens (tertiary/aromatic N) is 1. The largest absolute Gasteiger partial charge is 0.385 e. The molecule has 2 nitrogen and oxygen atoms in total. The molecule has 4 rings (SSSR count). The van der Waals surface area contributed by atoms with Gasteiger partial charge in [-0.05, 0) is 47.6 Å². The van der Waals surface area contributed by atoms with Crippen LogP contribution in [0.1, 0.15) is 28.7 Å². The molecular formula is C25H28N2. The highest BCUT2D eigenvalue weighted by atomic mass is 15.1. The van der Waals surface area contributed by atoms with Crippen molar-refractivity contribution in [2.75, 3.05) is 18.4 Å². The molecule has 3 aromatic carbocycles. The van der Waals surface area contributed by atoms with Crippen molar-refractivity contribution in [3.8, 4) is 0 Å². The fraction of sp³-hybridized carbons (Fsp3) is 0.280. The zero-order chi connectivity index (χ0) is 18.3. The normalized spacial score (nSPS) is 13.2. The predicted octanol–water partition coefficient (Wildman–Crippen LogP) is 5.29. The Kier molecular flexibility index (Phi) is 5.86. The van der Waals surface area contributed by atoms with Gasteiger partial charge in [0, 0.05) is 31.9 Å². The van der Waals surface area contributed by atoms with E-state index in [0.29, 0.717) is 0 Å². The van der Waals surface area contributed by atoms with Gasteiger partial charge in [-0.15, -0.1) is 0 Å². The molecule has 3 aromatic rings. The van der Waals surface area contributed by atoms with E-state index in [-0.39, 0.29) is 0 Å². The molecule has 27 heavy (non-hydrogen) atoms. The van der Waals surface area contributed by atoms with Crippen molar-refractivity contribution in [1.29, 1.82) is 0 Å². The van der Waals surface area contributed by atoms with Crippen LogP contribution in [0, 0.1) is 0 Å². The van der Waals surface area contributed by atoms with Crippen LogP contribution in [0.4, 0.5) is 5.69 Å². The molecule has 2 heteroatoms. The maximum atomic E-state index is 3.51. The molecule has 0 fully saturated rings. The SMILES string of the molecule is c1ccc(CN(CCc2ccc3c(c2)CCCN3)Cc2ccccc2)cc1. The monoisotopic (exact) mass is 356 g/mol. The van der Waals surface area contributed by atoms with E-state index in [4.69, 9.17) is 0 Å². The van der Waals surface area contributed by atoms with Gasteiger partial charge in [-0.3, -0.25) is 4.90 Å². The summed E-state index contributed by atoms with van der Waals surface area (Å²) < 4.78 is 0. The first-order valence-electron chi connectivity index (χ1n) is 10.0. The minimum Gasteiger partial charge on any atom is -0.385 e. The lowest BCUT2D eigenvalue weighted by Crippen LogP contribution is -2.25. The topological polar surface area (TPSA) is 15.3 Å². The predicted molar refractivity (Wildman–Crippen MR) is 114 cm³/mol. The zero-order valence-corrected chi connectivity index (χ0v) is 15.9. The highest BCUT2D eigenvalue weighted by molar-refractivity contribution is 5.54. The van der Waals surface area contributed by atoms with Crippen LogP contribution in [-0.2, 0) is 25.9 Å². The highest BCUT2D eigenvalue weighted by Gasteiger charge is 2.11.